The van der Waals surface area contributed by atoms with Crippen molar-refractivity contribution in [3.05, 3.63) is 22.6 Å². The highest BCUT2D eigenvalue weighted by Gasteiger charge is 2.13. The Kier molecular flexibility index (Phi) is 3.02. The van der Waals surface area contributed by atoms with Gasteiger partial charge in [0.2, 0.25) is 5.82 Å². The first-order valence-electron chi connectivity index (χ1n) is 4.82. The molecule has 6 heteroatoms. The number of rotatable bonds is 3. The van der Waals surface area contributed by atoms with Crippen LogP contribution in [0.25, 0.3) is 5.82 Å². The van der Waals surface area contributed by atoms with Gasteiger partial charge in [0.15, 0.2) is 5.15 Å². The third-order valence-corrected chi connectivity index (χ3v) is 3.06. The van der Waals surface area contributed by atoms with E-state index in [2.05, 4.69) is 33.8 Å². The highest BCUT2D eigenvalue weighted by molar-refractivity contribution is 6.99. The lowest BCUT2D eigenvalue weighted by atomic mass is 10.3. The summed E-state index contributed by atoms with van der Waals surface area (Å²) in [6.45, 7) is 4.16. The Labute approximate surface area is 97.2 Å². The molecule has 2 rings (SSSR count). The van der Waals surface area contributed by atoms with Crippen molar-refractivity contribution in [1.82, 2.24) is 18.5 Å². The van der Waals surface area contributed by atoms with E-state index in [4.69, 9.17) is 11.6 Å². The summed E-state index contributed by atoms with van der Waals surface area (Å²) in [5.41, 5.74) is 2.16. The Hall–Kier alpha value is -0.940. The molecule has 0 spiro atoms. The molecule has 2 aromatic heterocycles. The normalized spacial score (nSPS) is 10.9. The third kappa shape index (κ3) is 1.89. The highest BCUT2D eigenvalue weighted by atomic mass is 35.5. The molecule has 0 fully saturated rings. The summed E-state index contributed by atoms with van der Waals surface area (Å²) in [6, 6.07) is 2.08. The molecule has 15 heavy (non-hydrogen) atoms. The van der Waals surface area contributed by atoms with E-state index < -0.39 is 0 Å². The second-order valence-corrected chi connectivity index (χ2v) is 4.01. The van der Waals surface area contributed by atoms with Crippen LogP contribution in [-0.2, 0) is 12.8 Å². The van der Waals surface area contributed by atoms with Gasteiger partial charge in [0, 0.05) is 5.69 Å². The highest BCUT2D eigenvalue weighted by Crippen LogP contribution is 2.19. The van der Waals surface area contributed by atoms with Gasteiger partial charge in [-0.1, -0.05) is 25.4 Å². The van der Waals surface area contributed by atoms with Crippen molar-refractivity contribution < 1.29 is 0 Å². The Bertz CT molecular complexity index is 462. The van der Waals surface area contributed by atoms with E-state index in [9.17, 15) is 0 Å². The molecule has 0 bridgehead atoms. The number of aryl methyl sites for hydroxylation is 2. The van der Waals surface area contributed by atoms with Crippen LogP contribution in [0, 0.1) is 0 Å². The minimum atomic E-state index is 0.417. The first-order valence-corrected chi connectivity index (χ1v) is 5.93. The summed E-state index contributed by atoms with van der Waals surface area (Å²) in [5, 5.41) is 4.86. The van der Waals surface area contributed by atoms with Crippen LogP contribution in [-0.4, -0.2) is 18.5 Å². The molecule has 0 amide bonds. The number of hydrogen-bond donors (Lipinski definition) is 0. The van der Waals surface area contributed by atoms with Crippen LogP contribution < -0.4 is 0 Å². The van der Waals surface area contributed by atoms with Crippen molar-refractivity contribution in [1.29, 1.82) is 0 Å². The first kappa shape index (κ1) is 10.6. The monoisotopic (exact) mass is 242 g/mol. The zero-order valence-electron chi connectivity index (χ0n) is 8.57. The van der Waals surface area contributed by atoms with Crippen molar-refractivity contribution in [2.24, 2.45) is 0 Å². The van der Waals surface area contributed by atoms with E-state index in [1.54, 1.807) is 4.68 Å². The second-order valence-electron chi connectivity index (χ2n) is 3.12. The first-order chi connectivity index (χ1) is 7.26. The molecule has 2 aromatic rings. The van der Waals surface area contributed by atoms with Gasteiger partial charge in [0.05, 0.1) is 17.4 Å². The fraction of sp³-hybridized carbons (Fsp3) is 0.444. The Balaban J connectivity index is 2.51. The molecule has 0 aliphatic carbocycles. The quantitative estimate of drug-likeness (QED) is 0.831. The van der Waals surface area contributed by atoms with Crippen LogP contribution in [0.3, 0.4) is 0 Å². The number of nitrogens with zero attached hydrogens (tertiary/aromatic N) is 4. The molecular weight excluding hydrogens is 232 g/mol. The Morgan fingerprint density at radius 3 is 2.67 bits per heavy atom. The average Bonchev–Trinajstić information content (AvgIpc) is 2.82. The summed E-state index contributed by atoms with van der Waals surface area (Å²) >= 11 is 7.04. The van der Waals surface area contributed by atoms with E-state index in [-0.39, 0.29) is 0 Å². The summed E-state index contributed by atoms with van der Waals surface area (Å²) in [5.74, 6) is 0.637. The summed E-state index contributed by atoms with van der Waals surface area (Å²) < 4.78 is 9.86. The van der Waals surface area contributed by atoms with Crippen molar-refractivity contribution in [2.45, 2.75) is 26.7 Å². The van der Waals surface area contributed by atoms with Crippen molar-refractivity contribution in [2.75, 3.05) is 0 Å². The lowest BCUT2D eigenvalue weighted by molar-refractivity contribution is 0.780. The molecule has 0 aliphatic heterocycles. The molecule has 0 N–H and O–H groups in total. The molecule has 80 valence electrons. The smallest absolute Gasteiger partial charge is 0.206 e. The summed E-state index contributed by atoms with van der Waals surface area (Å²) in [4.78, 5) is 0. The van der Waals surface area contributed by atoms with Gasteiger partial charge in [-0.2, -0.15) is 13.8 Å². The van der Waals surface area contributed by atoms with Crippen LogP contribution in [0.1, 0.15) is 25.2 Å². The molecule has 0 aromatic carbocycles. The molecule has 0 radical (unpaired) electrons. The fourth-order valence-corrected chi connectivity index (χ4v) is 2.08. The van der Waals surface area contributed by atoms with Gasteiger partial charge < -0.3 is 0 Å². The van der Waals surface area contributed by atoms with Crippen LogP contribution in [0.2, 0.25) is 5.15 Å². The van der Waals surface area contributed by atoms with Crippen molar-refractivity contribution in [3.63, 3.8) is 0 Å². The minimum Gasteiger partial charge on any atom is -0.215 e. The standard InChI is InChI=1S/C9H11ClN4S/c1-3-6-5-7(4-2)14(11-6)9-8(10)12-15-13-9/h5H,3-4H2,1-2H3. The fourth-order valence-electron chi connectivity index (χ4n) is 1.38. The maximum atomic E-state index is 5.93. The van der Waals surface area contributed by atoms with Gasteiger partial charge in [-0.05, 0) is 18.9 Å². The zero-order chi connectivity index (χ0) is 10.8. The van der Waals surface area contributed by atoms with Crippen molar-refractivity contribution in [3.8, 4) is 5.82 Å². The van der Waals surface area contributed by atoms with E-state index in [1.165, 1.54) is 0 Å². The Morgan fingerprint density at radius 1 is 1.33 bits per heavy atom. The van der Waals surface area contributed by atoms with Gasteiger partial charge in [-0.3, -0.25) is 0 Å². The number of aromatic nitrogens is 4. The van der Waals surface area contributed by atoms with Crippen LogP contribution in [0.4, 0.5) is 0 Å². The molecule has 0 unspecified atom stereocenters. The van der Waals surface area contributed by atoms with Gasteiger partial charge >= 0.3 is 0 Å². The van der Waals surface area contributed by atoms with Crippen molar-refractivity contribution >= 4 is 23.3 Å². The number of hydrogen-bond acceptors (Lipinski definition) is 4. The van der Waals surface area contributed by atoms with Gasteiger partial charge in [-0.15, -0.1) is 0 Å². The summed E-state index contributed by atoms with van der Waals surface area (Å²) in [6.07, 6.45) is 1.82. The predicted octanol–water partition coefficient (Wildman–Crippen LogP) is 2.50. The SMILES string of the molecule is CCc1cc(CC)n(-c2nsnc2Cl)n1. The van der Waals surface area contributed by atoms with E-state index in [0.717, 1.165) is 36.0 Å². The Morgan fingerprint density at radius 2 is 2.13 bits per heavy atom. The van der Waals surface area contributed by atoms with Gasteiger partial charge in [-0.25, -0.2) is 4.68 Å². The topological polar surface area (TPSA) is 43.6 Å². The van der Waals surface area contributed by atoms with Crippen LogP contribution in [0.5, 0.6) is 0 Å². The molecule has 4 nitrogen and oxygen atoms in total. The third-order valence-electron chi connectivity index (χ3n) is 2.19. The van der Waals surface area contributed by atoms with Crippen LogP contribution >= 0.6 is 23.3 Å². The molecule has 0 saturated carbocycles. The maximum Gasteiger partial charge on any atom is 0.206 e. The van der Waals surface area contributed by atoms with Gasteiger partial charge in [0.25, 0.3) is 0 Å². The maximum absolute atomic E-state index is 5.93. The second kappa shape index (κ2) is 4.28. The minimum absolute atomic E-state index is 0.417. The largest absolute Gasteiger partial charge is 0.215 e. The molecular formula is C9H11ClN4S. The zero-order valence-corrected chi connectivity index (χ0v) is 10.1. The average molecular weight is 243 g/mol. The number of halogens is 1. The van der Waals surface area contributed by atoms with E-state index in [1.807, 2.05) is 0 Å². The lowest BCUT2D eigenvalue weighted by Crippen LogP contribution is -2.02. The molecule has 2 heterocycles. The van der Waals surface area contributed by atoms with E-state index in [0.29, 0.717) is 11.0 Å². The van der Waals surface area contributed by atoms with Gasteiger partial charge in [0.1, 0.15) is 0 Å². The lowest BCUT2D eigenvalue weighted by Gasteiger charge is -2.00. The summed E-state index contributed by atoms with van der Waals surface area (Å²) in [7, 11) is 0. The van der Waals surface area contributed by atoms with Crippen LogP contribution in [0.15, 0.2) is 6.07 Å². The van der Waals surface area contributed by atoms with E-state index >= 15 is 0 Å². The molecule has 0 atom stereocenters. The molecule has 0 saturated heterocycles. The predicted molar refractivity (Wildman–Crippen MR) is 60.8 cm³/mol. The molecule has 0 aliphatic rings.